The summed E-state index contributed by atoms with van der Waals surface area (Å²) in [5.74, 6) is 1.34. The monoisotopic (exact) mass is 455 g/mol. The van der Waals surface area contributed by atoms with Crippen molar-refractivity contribution in [2.24, 2.45) is 0 Å². The van der Waals surface area contributed by atoms with Crippen LogP contribution < -0.4 is 4.74 Å². The van der Waals surface area contributed by atoms with Crippen molar-refractivity contribution in [2.75, 3.05) is 12.4 Å². The van der Waals surface area contributed by atoms with E-state index in [-0.39, 0.29) is 5.69 Å². The van der Waals surface area contributed by atoms with E-state index in [9.17, 15) is 15.2 Å². The molecule has 0 radical (unpaired) electrons. The third-order valence-corrected chi connectivity index (χ3v) is 6.66. The molecule has 170 valence electrons. The van der Waals surface area contributed by atoms with Crippen LogP contribution in [0.4, 0.5) is 5.69 Å². The van der Waals surface area contributed by atoms with Gasteiger partial charge in [0.1, 0.15) is 5.75 Å². The number of hydrogen-bond acceptors (Lipinski definition) is 6. The number of nitrogens with zero attached hydrogens (tertiary/aromatic N) is 3. The Morgan fingerprint density at radius 3 is 2.66 bits per heavy atom. The zero-order valence-electron chi connectivity index (χ0n) is 18.7. The number of nitro groups is 1. The van der Waals surface area contributed by atoms with Crippen LogP contribution in [-0.2, 0) is 5.60 Å². The molecule has 3 aromatic rings. The first kappa shape index (κ1) is 23.8. The number of benzene rings is 2. The van der Waals surface area contributed by atoms with Crippen LogP contribution in [0.1, 0.15) is 44.2 Å². The SMILES string of the molecule is CCC(O)(CC)c1cc(OCCCSc2nccn2-c2ccccc2C)ccc1[N+](=O)[O-]. The number of rotatable bonds is 11. The fourth-order valence-electron chi connectivity index (χ4n) is 3.59. The maximum Gasteiger partial charge on any atom is 0.275 e. The molecule has 32 heavy (non-hydrogen) atoms. The number of imidazole rings is 1. The van der Waals surface area contributed by atoms with Crippen LogP contribution in [0.15, 0.2) is 60.0 Å². The van der Waals surface area contributed by atoms with Crippen molar-refractivity contribution < 1.29 is 14.8 Å². The summed E-state index contributed by atoms with van der Waals surface area (Å²) < 4.78 is 7.93. The first-order valence-corrected chi connectivity index (χ1v) is 11.7. The second kappa shape index (κ2) is 10.7. The van der Waals surface area contributed by atoms with Gasteiger partial charge in [0.05, 0.1) is 28.4 Å². The molecule has 0 fully saturated rings. The molecule has 1 heterocycles. The van der Waals surface area contributed by atoms with Gasteiger partial charge < -0.3 is 9.84 Å². The standard InChI is InChI=1S/C24H29N3O4S/c1-4-24(28,5-2)20-17-19(11-12-22(20)27(29)30)31-15-8-16-32-23-25-13-14-26(23)21-10-7-6-9-18(21)3/h6-7,9-14,17,28H,4-5,8,15-16H2,1-3H3. The molecule has 0 atom stereocenters. The lowest BCUT2D eigenvalue weighted by Crippen LogP contribution is -2.24. The molecule has 0 aliphatic rings. The molecule has 0 aliphatic carbocycles. The smallest absolute Gasteiger partial charge is 0.275 e. The van der Waals surface area contributed by atoms with Crippen molar-refractivity contribution in [2.45, 2.75) is 50.8 Å². The Morgan fingerprint density at radius 1 is 1.22 bits per heavy atom. The van der Waals surface area contributed by atoms with E-state index in [1.54, 1.807) is 30.1 Å². The van der Waals surface area contributed by atoms with Crippen molar-refractivity contribution >= 4 is 17.4 Å². The summed E-state index contributed by atoms with van der Waals surface area (Å²) >= 11 is 1.66. The van der Waals surface area contributed by atoms with Crippen LogP contribution in [-0.4, -0.2) is 31.9 Å². The van der Waals surface area contributed by atoms with Gasteiger partial charge in [-0.2, -0.15) is 0 Å². The lowest BCUT2D eigenvalue weighted by molar-refractivity contribution is -0.386. The lowest BCUT2D eigenvalue weighted by atomic mass is 9.87. The van der Waals surface area contributed by atoms with Crippen LogP contribution >= 0.6 is 11.8 Å². The number of hydrogen-bond donors (Lipinski definition) is 1. The second-order valence-corrected chi connectivity index (χ2v) is 8.65. The molecule has 7 nitrogen and oxygen atoms in total. The first-order chi connectivity index (χ1) is 15.4. The Balaban J connectivity index is 1.60. The maximum atomic E-state index is 11.4. The zero-order valence-corrected chi connectivity index (χ0v) is 19.5. The van der Waals surface area contributed by atoms with Gasteiger partial charge in [-0.05, 0) is 49.9 Å². The molecule has 0 saturated carbocycles. The lowest BCUT2D eigenvalue weighted by Gasteiger charge is -2.25. The number of aliphatic hydroxyl groups is 1. The average Bonchev–Trinajstić information content (AvgIpc) is 3.26. The predicted molar refractivity (Wildman–Crippen MR) is 127 cm³/mol. The number of aryl methyl sites for hydroxylation is 1. The minimum absolute atomic E-state index is 0.0813. The van der Waals surface area contributed by atoms with Crippen LogP contribution in [0, 0.1) is 17.0 Å². The molecule has 8 heteroatoms. The molecule has 3 rings (SSSR count). The fraction of sp³-hybridized carbons (Fsp3) is 0.375. The Hall–Kier alpha value is -2.84. The minimum atomic E-state index is -1.25. The Morgan fingerprint density at radius 2 is 1.97 bits per heavy atom. The van der Waals surface area contributed by atoms with Crippen molar-refractivity contribution in [1.29, 1.82) is 0 Å². The van der Waals surface area contributed by atoms with Gasteiger partial charge in [0.25, 0.3) is 5.69 Å². The van der Waals surface area contributed by atoms with Gasteiger partial charge in [-0.1, -0.05) is 43.8 Å². The average molecular weight is 456 g/mol. The molecule has 0 spiro atoms. The fourth-order valence-corrected chi connectivity index (χ4v) is 4.47. The van der Waals surface area contributed by atoms with E-state index in [0.717, 1.165) is 23.0 Å². The molecule has 0 aliphatic heterocycles. The summed E-state index contributed by atoms with van der Waals surface area (Å²) in [7, 11) is 0. The molecular formula is C24H29N3O4S. The summed E-state index contributed by atoms with van der Waals surface area (Å²) in [5, 5.41) is 23.2. The maximum absolute atomic E-state index is 11.4. The van der Waals surface area contributed by atoms with Crippen molar-refractivity contribution in [3.8, 4) is 11.4 Å². The third kappa shape index (κ3) is 5.31. The largest absolute Gasteiger partial charge is 0.494 e. The van der Waals surface area contributed by atoms with Crippen molar-refractivity contribution in [3.63, 3.8) is 0 Å². The first-order valence-electron chi connectivity index (χ1n) is 10.8. The second-order valence-electron chi connectivity index (χ2n) is 7.59. The van der Waals surface area contributed by atoms with E-state index in [4.69, 9.17) is 4.74 Å². The Bertz CT molecular complexity index is 1060. The van der Waals surface area contributed by atoms with E-state index in [1.165, 1.54) is 11.6 Å². The van der Waals surface area contributed by atoms with Crippen molar-refractivity contribution in [3.05, 3.63) is 76.1 Å². The number of thioether (sulfide) groups is 1. The highest BCUT2D eigenvalue weighted by molar-refractivity contribution is 7.99. The van der Waals surface area contributed by atoms with E-state index >= 15 is 0 Å². The molecular weight excluding hydrogens is 426 g/mol. The molecule has 0 saturated heterocycles. The predicted octanol–water partition coefficient (Wildman–Crippen LogP) is 5.66. The Labute approximate surface area is 192 Å². The molecule has 0 unspecified atom stereocenters. The van der Waals surface area contributed by atoms with E-state index < -0.39 is 10.5 Å². The quantitative estimate of drug-likeness (QED) is 0.174. The highest BCUT2D eigenvalue weighted by Crippen LogP contribution is 2.37. The highest BCUT2D eigenvalue weighted by atomic mass is 32.2. The van der Waals surface area contributed by atoms with Gasteiger partial charge in [0.15, 0.2) is 5.16 Å². The van der Waals surface area contributed by atoms with Gasteiger partial charge >= 0.3 is 0 Å². The number of para-hydroxylation sites is 1. The zero-order chi connectivity index (χ0) is 23.1. The molecule has 1 aromatic heterocycles. The van der Waals surface area contributed by atoms with Crippen LogP contribution in [0.25, 0.3) is 5.69 Å². The van der Waals surface area contributed by atoms with E-state index in [2.05, 4.69) is 28.6 Å². The van der Waals surface area contributed by atoms with Crippen LogP contribution in [0.3, 0.4) is 0 Å². The van der Waals surface area contributed by atoms with E-state index in [0.29, 0.717) is 30.8 Å². The number of ether oxygens (including phenoxy) is 1. The molecule has 1 N–H and O–H groups in total. The van der Waals surface area contributed by atoms with Gasteiger partial charge in [-0.25, -0.2) is 4.98 Å². The topological polar surface area (TPSA) is 90.4 Å². The molecule has 2 aromatic carbocycles. The summed E-state index contributed by atoms with van der Waals surface area (Å²) in [5.41, 5.74) is 1.27. The third-order valence-electron chi connectivity index (χ3n) is 5.61. The number of nitro benzene ring substituents is 1. The summed E-state index contributed by atoms with van der Waals surface area (Å²) in [6.45, 7) is 6.18. The van der Waals surface area contributed by atoms with Gasteiger partial charge in [-0.15, -0.1) is 0 Å². The minimum Gasteiger partial charge on any atom is -0.494 e. The highest BCUT2D eigenvalue weighted by Gasteiger charge is 2.33. The summed E-state index contributed by atoms with van der Waals surface area (Å²) in [6, 6.07) is 12.8. The van der Waals surface area contributed by atoms with Gasteiger partial charge in [-0.3, -0.25) is 14.7 Å². The molecule has 0 amide bonds. The number of aromatic nitrogens is 2. The normalized spacial score (nSPS) is 11.5. The van der Waals surface area contributed by atoms with Crippen molar-refractivity contribution in [1.82, 2.24) is 9.55 Å². The summed E-state index contributed by atoms with van der Waals surface area (Å²) in [6.07, 6.45) is 5.31. The Kier molecular flexibility index (Phi) is 7.93. The molecule has 0 bridgehead atoms. The van der Waals surface area contributed by atoms with Gasteiger partial charge in [0.2, 0.25) is 0 Å². The summed E-state index contributed by atoms with van der Waals surface area (Å²) in [4.78, 5) is 15.4. The van der Waals surface area contributed by atoms with E-state index in [1.807, 2.05) is 32.2 Å². The van der Waals surface area contributed by atoms with Crippen LogP contribution in [0.2, 0.25) is 0 Å². The van der Waals surface area contributed by atoms with Crippen LogP contribution in [0.5, 0.6) is 5.75 Å². The van der Waals surface area contributed by atoms with Gasteiger partial charge in [0, 0.05) is 24.2 Å².